The van der Waals surface area contributed by atoms with Crippen molar-refractivity contribution in [3.63, 3.8) is 0 Å². The number of ketones is 2. The van der Waals surface area contributed by atoms with E-state index in [2.05, 4.69) is 0 Å². The lowest BCUT2D eigenvalue weighted by molar-refractivity contribution is 0.0941. The predicted octanol–water partition coefficient (Wildman–Crippen LogP) is 4.84. The van der Waals surface area contributed by atoms with Gasteiger partial charge in [0.1, 0.15) is 0 Å². The fraction of sp³-hybridized carbons (Fsp3) is 0.250. The number of nitrogens with zero attached hydrogens (tertiary/aromatic N) is 2. The SMILES string of the molecule is Cc1c(C(=O)CN(C)Cc2ccccc2)c(C)n(C)c1C(=O)c1ccc(Cl)cc1. The third kappa shape index (κ3) is 4.50. The molecule has 0 aliphatic carbocycles. The molecule has 0 bridgehead atoms. The van der Waals surface area contributed by atoms with Gasteiger partial charge in [-0.2, -0.15) is 0 Å². The molecule has 4 nitrogen and oxygen atoms in total. The van der Waals surface area contributed by atoms with Crippen molar-refractivity contribution in [1.29, 1.82) is 0 Å². The number of likely N-dealkylation sites (N-methyl/N-ethyl adjacent to an activating group) is 1. The Morgan fingerprint density at radius 1 is 1.00 bits per heavy atom. The monoisotopic (exact) mass is 408 g/mol. The summed E-state index contributed by atoms with van der Waals surface area (Å²) in [5, 5.41) is 0.582. The summed E-state index contributed by atoms with van der Waals surface area (Å²) >= 11 is 5.94. The Morgan fingerprint density at radius 2 is 1.62 bits per heavy atom. The van der Waals surface area contributed by atoms with Crippen LogP contribution >= 0.6 is 11.6 Å². The van der Waals surface area contributed by atoms with Crippen molar-refractivity contribution in [2.24, 2.45) is 7.05 Å². The Bertz CT molecular complexity index is 1040. The molecule has 0 aliphatic heterocycles. The van der Waals surface area contributed by atoms with Crippen molar-refractivity contribution in [2.75, 3.05) is 13.6 Å². The number of carbonyl (C=O) groups is 2. The van der Waals surface area contributed by atoms with Gasteiger partial charge >= 0.3 is 0 Å². The van der Waals surface area contributed by atoms with Crippen molar-refractivity contribution in [1.82, 2.24) is 9.47 Å². The molecule has 29 heavy (non-hydrogen) atoms. The lowest BCUT2D eigenvalue weighted by atomic mass is 10.0. The molecular formula is C24H25ClN2O2. The Balaban J connectivity index is 1.84. The zero-order chi connectivity index (χ0) is 21.1. The molecule has 0 aliphatic rings. The van der Waals surface area contributed by atoms with Crippen LogP contribution in [0, 0.1) is 13.8 Å². The first kappa shape index (κ1) is 21.0. The van der Waals surface area contributed by atoms with Gasteiger partial charge in [-0.25, -0.2) is 0 Å². The van der Waals surface area contributed by atoms with Crippen molar-refractivity contribution < 1.29 is 9.59 Å². The Hall–Kier alpha value is -2.69. The number of rotatable bonds is 7. The number of hydrogen-bond acceptors (Lipinski definition) is 3. The number of halogens is 1. The summed E-state index contributed by atoms with van der Waals surface area (Å²) in [5.41, 5.74) is 4.41. The first-order valence-corrected chi connectivity index (χ1v) is 9.89. The first-order chi connectivity index (χ1) is 13.8. The van der Waals surface area contributed by atoms with Crippen LogP contribution in [0.3, 0.4) is 0 Å². The van der Waals surface area contributed by atoms with Gasteiger partial charge in [0.05, 0.1) is 12.2 Å². The molecule has 3 aromatic rings. The van der Waals surface area contributed by atoms with E-state index in [4.69, 9.17) is 11.6 Å². The van der Waals surface area contributed by atoms with Crippen LogP contribution < -0.4 is 0 Å². The van der Waals surface area contributed by atoms with Gasteiger partial charge in [0.2, 0.25) is 5.78 Å². The second kappa shape index (κ2) is 8.76. The van der Waals surface area contributed by atoms with E-state index < -0.39 is 0 Å². The highest BCUT2D eigenvalue weighted by atomic mass is 35.5. The minimum atomic E-state index is -0.110. The number of Topliss-reactive ketones (excluding diaryl/α,β-unsaturated/α-hetero) is 1. The van der Waals surface area contributed by atoms with Crippen LogP contribution in [0.5, 0.6) is 0 Å². The van der Waals surface area contributed by atoms with Crippen LogP contribution in [-0.2, 0) is 13.6 Å². The van der Waals surface area contributed by atoms with E-state index >= 15 is 0 Å². The number of hydrogen-bond donors (Lipinski definition) is 0. The van der Waals surface area contributed by atoms with Gasteiger partial charge in [0.15, 0.2) is 5.78 Å². The van der Waals surface area contributed by atoms with Crippen molar-refractivity contribution in [2.45, 2.75) is 20.4 Å². The largest absolute Gasteiger partial charge is 0.344 e. The summed E-state index contributed by atoms with van der Waals surface area (Å²) in [6.45, 7) is 4.71. The molecule has 0 N–H and O–H groups in total. The standard InChI is InChI=1S/C24H25ClN2O2/c1-16-22(21(28)15-26(3)14-18-8-6-5-7-9-18)17(2)27(4)23(16)24(29)19-10-12-20(25)13-11-19/h5-13H,14-15H2,1-4H3. The van der Waals surface area contributed by atoms with Gasteiger partial charge in [-0.3, -0.25) is 14.5 Å². The van der Waals surface area contributed by atoms with Gasteiger partial charge in [-0.1, -0.05) is 41.9 Å². The molecule has 0 saturated heterocycles. The molecule has 1 aromatic heterocycles. The van der Waals surface area contributed by atoms with Crippen molar-refractivity contribution in [3.8, 4) is 0 Å². The van der Waals surface area contributed by atoms with E-state index in [9.17, 15) is 9.59 Å². The van der Waals surface area contributed by atoms with Crippen molar-refractivity contribution in [3.05, 3.63) is 93.3 Å². The van der Waals surface area contributed by atoms with E-state index in [0.29, 0.717) is 28.4 Å². The van der Waals surface area contributed by atoms with Crippen LogP contribution in [-0.4, -0.2) is 34.6 Å². The first-order valence-electron chi connectivity index (χ1n) is 9.51. The summed E-state index contributed by atoms with van der Waals surface area (Å²) < 4.78 is 1.82. The van der Waals surface area contributed by atoms with E-state index in [1.165, 1.54) is 0 Å². The summed E-state index contributed by atoms with van der Waals surface area (Å²) in [6, 6.07) is 16.9. The van der Waals surface area contributed by atoms with E-state index in [-0.39, 0.29) is 18.1 Å². The Kier molecular flexibility index (Phi) is 6.36. The summed E-state index contributed by atoms with van der Waals surface area (Å²) in [6.07, 6.45) is 0. The summed E-state index contributed by atoms with van der Waals surface area (Å²) in [7, 11) is 3.76. The number of benzene rings is 2. The maximum atomic E-state index is 13.1. The lowest BCUT2D eigenvalue weighted by Gasteiger charge is -2.16. The molecule has 2 aromatic carbocycles. The number of aromatic nitrogens is 1. The number of carbonyl (C=O) groups excluding carboxylic acids is 2. The Labute approximate surface area is 176 Å². The van der Waals surface area contributed by atoms with Gasteiger partial charge < -0.3 is 4.57 Å². The van der Waals surface area contributed by atoms with Gasteiger partial charge in [0, 0.05) is 35.4 Å². The van der Waals surface area contributed by atoms with E-state index in [0.717, 1.165) is 16.8 Å². The third-order valence-corrected chi connectivity index (χ3v) is 5.49. The maximum Gasteiger partial charge on any atom is 0.209 e. The van der Waals surface area contributed by atoms with Crippen LogP contribution in [0.1, 0.15) is 43.2 Å². The molecule has 0 saturated carbocycles. The highest BCUT2D eigenvalue weighted by molar-refractivity contribution is 6.30. The Morgan fingerprint density at radius 3 is 2.24 bits per heavy atom. The molecule has 3 rings (SSSR count). The fourth-order valence-corrected chi connectivity index (χ4v) is 3.85. The smallest absolute Gasteiger partial charge is 0.209 e. The fourth-order valence-electron chi connectivity index (χ4n) is 3.72. The maximum absolute atomic E-state index is 13.1. The molecule has 0 unspecified atom stereocenters. The molecule has 0 atom stereocenters. The minimum absolute atomic E-state index is 0.0178. The predicted molar refractivity (Wildman–Crippen MR) is 117 cm³/mol. The second-order valence-corrected chi connectivity index (χ2v) is 7.85. The summed E-state index contributed by atoms with van der Waals surface area (Å²) in [4.78, 5) is 28.1. The zero-order valence-electron chi connectivity index (χ0n) is 17.2. The van der Waals surface area contributed by atoms with Gasteiger partial charge in [0.25, 0.3) is 0 Å². The topological polar surface area (TPSA) is 42.3 Å². The highest BCUT2D eigenvalue weighted by Crippen LogP contribution is 2.25. The highest BCUT2D eigenvalue weighted by Gasteiger charge is 2.26. The normalized spacial score (nSPS) is 11.1. The second-order valence-electron chi connectivity index (χ2n) is 7.41. The van der Waals surface area contributed by atoms with E-state index in [1.807, 2.05) is 67.7 Å². The van der Waals surface area contributed by atoms with Crippen molar-refractivity contribution >= 4 is 23.2 Å². The molecule has 0 spiro atoms. The third-order valence-electron chi connectivity index (χ3n) is 5.24. The quantitative estimate of drug-likeness (QED) is 0.525. The molecule has 150 valence electrons. The minimum Gasteiger partial charge on any atom is -0.344 e. The molecule has 0 amide bonds. The van der Waals surface area contributed by atoms with E-state index in [1.54, 1.807) is 24.3 Å². The van der Waals surface area contributed by atoms with Gasteiger partial charge in [-0.15, -0.1) is 0 Å². The van der Waals surface area contributed by atoms with Crippen LogP contribution in [0.4, 0.5) is 0 Å². The average Bonchev–Trinajstić information content (AvgIpc) is 2.91. The van der Waals surface area contributed by atoms with Crippen LogP contribution in [0.25, 0.3) is 0 Å². The lowest BCUT2D eigenvalue weighted by Crippen LogP contribution is -2.26. The molecule has 5 heteroatoms. The average molecular weight is 409 g/mol. The van der Waals surface area contributed by atoms with Crippen LogP contribution in [0.15, 0.2) is 54.6 Å². The molecule has 0 radical (unpaired) electrons. The zero-order valence-corrected chi connectivity index (χ0v) is 18.0. The molecular weight excluding hydrogens is 384 g/mol. The molecule has 1 heterocycles. The van der Waals surface area contributed by atoms with Gasteiger partial charge in [-0.05, 0) is 56.3 Å². The molecule has 0 fully saturated rings. The van der Waals surface area contributed by atoms with Crippen LogP contribution in [0.2, 0.25) is 5.02 Å². The summed E-state index contributed by atoms with van der Waals surface area (Å²) in [5.74, 6) is -0.0920.